The van der Waals surface area contributed by atoms with Crippen LogP contribution in [0.3, 0.4) is 0 Å². The summed E-state index contributed by atoms with van der Waals surface area (Å²) in [6.07, 6.45) is 3.11. The van der Waals surface area contributed by atoms with Crippen LogP contribution < -0.4 is 9.47 Å². The number of carbonyl (C=O) groups excluding carboxylic acids is 1. The number of halogens is 1. The van der Waals surface area contributed by atoms with Gasteiger partial charge in [-0.25, -0.2) is 4.39 Å². The minimum absolute atomic E-state index is 0.0143. The van der Waals surface area contributed by atoms with E-state index >= 15 is 0 Å². The summed E-state index contributed by atoms with van der Waals surface area (Å²) in [5.41, 5.74) is 1.17. The molecule has 0 atom stereocenters. The molecule has 1 amide bonds. The molecule has 4 rings (SSSR count). The van der Waals surface area contributed by atoms with Crippen molar-refractivity contribution >= 4 is 17.2 Å². The minimum Gasteiger partial charge on any atom is -0.485 e. The van der Waals surface area contributed by atoms with Gasteiger partial charge in [-0.3, -0.25) is 4.79 Å². The van der Waals surface area contributed by atoms with Crippen LogP contribution in [0.4, 0.5) is 4.39 Å². The number of thiophene rings is 1. The van der Waals surface area contributed by atoms with Gasteiger partial charge in [-0.15, -0.1) is 11.3 Å². The van der Waals surface area contributed by atoms with E-state index in [4.69, 9.17) is 9.47 Å². The highest BCUT2D eigenvalue weighted by atomic mass is 32.1. The molecule has 1 saturated heterocycles. The normalized spacial score (nSPS) is 17.3. The Morgan fingerprint density at radius 2 is 1.93 bits per heavy atom. The number of amides is 1. The molecular formula is C22H27FN2O3S. The van der Waals surface area contributed by atoms with Crippen LogP contribution in [0, 0.1) is 11.7 Å². The third-order valence-corrected chi connectivity index (χ3v) is 6.64. The Morgan fingerprint density at radius 3 is 2.69 bits per heavy atom. The Bertz CT molecular complexity index is 831. The van der Waals surface area contributed by atoms with Crippen LogP contribution in [0.5, 0.6) is 11.5 Å². The van der Waals surface area contributed by atoms with E-state index in [1.54, 1.807) is 0 Å². The maximum absolute atomic E-state index is 13.0. The summed E-state index contributed by atoms with van der Waals surface area (Å²) in [5, 5.41) is 1.86. The molecule has 7 heteroatoms. The highest BCUT2D eigenvalue weighted by molar-refractivity contribution is 7.12. The number of piperidine rings is 1. The smallest absolute Gasteiger partial charge is 0.267 e. The van der Waals surface area contributed by atoms with Crippen LogP contribution in [0.25, 0.3) is 0 Å². The van der Waals surface area contributed by atoms with Gasteiger partial charge in [-0.05, 0) is 56.0 Å². The van der Waals surface area contributed by atoms with Gasteiger partial charge < -0.3 is 19.3 Å². The van der Waals surface area contributed by atoms with Gasteiger partial charge in [-0.1, -0.05) is 12.1 Å². The third-order valence-electron chi connectivity index (χ3n) is 5.71. The third kappa shape index (κ3) is 4.90. The molecule has 156 valence electrons. The molecule has 0 spiro atoms. The van der Waals surface area contributed by atoms with E-state index in [0.29, 0.717) is 35.5 Å². The molecule has 0 N–H and O–H groups in total. The van der Waals surface area contributed by atoms with E-state index in [-0.39, 0.29) is 11.7 Å². The predicted molar refractivity (Wildman–Crippen MR) is 112 cm³/mol. The maximum Gasteiger partial charge on any atom is 0.267 e. The summed E-state index contributed by atoms with van der Waals surface area (Å²) in [5.74, 6) is 1.64. The fraction of sp³-hybridized carbons (Fsp3) is 0.500. The number of carbonyl (C=O) groups is 1. The molecule has 0 unspecified atom stereocenters. The fourth-order valence-electron chi connectivity index (χ4n) is 3.98. The summed E-state index contributed by atoms with van der Waals surface area (Å²) >= 11 is 1.40. The lowest BCUT2D eigenvalue weighted by Gasteiger charge is -2.34. The molecule has 2 aromatic rings. The summed E-state index contributed by atoms with van der Waals surface area (Å²) in [4.78, 5) is 17.8. The van der Waals surface area contributed by atoms with E-state index < -0.39 is 0 Å². The highest BCUT2D eigenvalue weighted by Crippen LogP contribution is 2.39. The average Bonchev–Trinajstić information content (AvgIpc) is 3.18. The van der Waals surface area contributed by atoms with Gasteiger partial charge in [-0.2, -0.15) is 0 Å². The van der Waals surface area contributed by atoms with Crippen LogP contribution in [-0.4, -0.2) is 62.1 Å². The average molecular weight is 419 g/mol. The maximum atomic E-state index is 13.0. The van der Waals surface area contributed by atoms with Gasteiger partial charge in [0.25, 0.3) is 5.91 Å². The zero-order chi connectivity index (χ0) is 20.2. The number of rotatable bonds is 6. The van der Waals surface area contributed by atoms with Crippen LogP contribution in [0.1, 0.15) is 28.1 Å². The molecule has 1 aromatic heterocycles. The SMILES string of the molecule is CN(CC1CCN(CCc2ccc(F)cc2)CC1)C(=O)c1scc2c1OCCO2. The molecule has 2 aliphatic rings. The topological polar surface area (TPSA) is 42.0 Å². The molecule has 2 aliphatic heterocycles. The Kier molecular flexibility index (Phi) is 6.35. The number of hydrogen-bond acceptors (Lipinski definition) is 5. The van der Waals surface area contributed by atoms with Gasteiger partial charge in [0.15, 0.2) is 11.5 Å². The number of fused-ring (bicyclic) bond motifs is 1. The summed E-state index contributed by atoms with van der Waals surface area (Å²) < 4.78 is 24.2. The molecule has 1 aromatic carbocycles. The first-order valence-corrected chi connectivity index (χ1v) is 11.1. The van der Waals surface area contributed by atoms with Crippen LogP contribution in [-0.2, 0) is 6.42 Å². The lowest BCUT2D eigenvalue weighted by atomic mass is 9.96. The summed E-state index contributed by atoms with van der Waals surface area (Å²) in [6.45, 7) is 4.86. The van der Waals surface area contributed by atoms with Gasteiger partial charge in [0.05, 0.1) is 0 Å². The first kappa shape index (κ1) is 20.2. The minimum atomic E-state index is -0.185. The fourth-order valence-corrected chi connectivity index (χ4v) is 4.91. The number of likely N-dealkylation sites (tertiary alicyclic amines) is 1. The number of ether oxygens (including phenoxy) is 2. The molecule has 29 heavy (non-hydrogen) atoms. The van der Waals surface area contributed by atoms with Gasteiger partial charge in [0, 0.05) is 25.5 Å². The number of hydrogen-bond donors (Lipinski definition) is 0. The van der Waals surface area contributed by atoms with E-state index in [9.17, 15) is 9.18 Å². The Balaban J connectivity index is 1.23. The van der Waals surface area contributed by atoms with Crippen LogP contribution >= 0.6 is 11.3 Å². The van der Waals surface area contributed by atoms with Crippen LogP contribution in [0.2, 0.25) is 0 Å². The monoisotopic (exact) mass is 418 g/mol. The van der Waals surface area contributed by atoms with Crippen LogP contribution in [0.15, 0.2) is 29.6 Å². The van der Waals surface area contributed by atoms with Crippen molar-refractivity contribution in [3.05, 3.63) is 45.9 Å². The van der Waals surface area contributed by atoms with Crippen molar-refractivity contribution in [1.82, 2.24) is 9.80 Å². The summed E-state index contributed by atoms with van der Waals surface area (Å²) in [6, 6.07) is 6.77. The van der Waals surface area contributed by atoms with Gasteiger partial charge in [0.1, 0.15) is 23.9 Å². The molecule has 0 bridgehead atoms. The first-order chi connectivity index (χ1) is 14.1. The second-order valence-corrected chi connectivity index (χ2v) is 8.68. The first-order valence-electron chi connectivity index (χ1n) is 10.2. The van der Waals surface area contributed by atoms with Gasteiger partial charge >= 0.3 is 0 Å². The Morgan fingerprint density at radius 1 is 1.21 bits per heavy atom. The molecular weight excluding hydrogens is 391 g/mol. The highest BCUT2D eigenvalue weighted by Gasteiger charge is 2.28. The molecule has 0 saturated carbocycles. The second kappa shape index (κ2) is 9.13. The zero-order valence-corrected chi connectivity index (χ0v) is 17.5. The van der Waals surface area contributed by atoms with E-state index in [0.717, 1.165) is 45.4 Å². The lowest BCUT2D eigenvalue weighted by molar-refractivity contribution is 0.0736. The van der Waals surface area contributed by atoms with Gasteiger partial charge in [0.2, 0.25) is 0 Å². The Labute approximate surface area is 175 Å². The van der Waals surface area contributed by atoms with Crippen molar-refractivity contribution in [3.63, 3.8) is 0 Å². The van der Waals surface area contributed by atoms with Crippen molar-refractivity contribution in [1.29, 1.82) is 0 Å². The quantitative estimate of drug-likeness (QED) is 0.718. The molecule has 0 radical (unpaired) electrons. The molecule has 3 heterocycles. The molecule has 0 aliphatic carbocycles. The van der Waals surface area contributed by atoms with E-state index in [1.807, 2.05) is 29.5 Å². The number of nitrogens with zero attached hydrogens (tertiary/aromatic N) is 2. The molecule has 1 fully saturated rings. The van der Waals surface area contributed by atoms with Crippen molar-refractivity contribution < 1.29 is 18.7 Å². The standard InChI is InChI=1S/C22H27FN2O3S/c1-24(22(26)21-20-19(15-29-21)27-12-13-28-20)14-17-7-10-25(11-8-17)9-6-16-2-4-18(23)5-3-16/h2-5,15,17H,6-14H2,1H3. The van der Waals surface area contributed by atoms with E-state index in [1.165, 1.54) is 29.0 Å². The number of benzene rings is 1. The Hall–Kier alpha value is -2.12. The predicted octanol–water partition coefficient (Wildman–Crippen LogP) is 3.69. The van der Waals surface area contributed by atoms with Crippen molar-refractivity contribution in [2.24, 2.45) is 5.92 Å². The van der Waals surface area contributed by atoms with Crippen molar-refractivity contribution in [2.75, 3.05) is 46.4 Å². The summed E-state index contributed by atoms with van der Waals surface area (Å²) in [7, 11) is 1.87. The van der Waals surface area contributed by atoms with Crippen molar-refractivity contribution in [2.45, 2.75) is 19.3 Å². The molecule has 5 nitrogen and oxygen atoms in total. The lowest BCUT2D eigenvalue weighted by Crippen LogP contribution is -2.40. The van der Waals surface area contributed by atoms with Crippen molar-refractivity contribution in [3.8, 4) is 11.5 Å². The zero-order valence-electron chi connectivity index (χ0n) is 16.7. The largest absolute Gasteiger partial charge is 0.485 e. The second-order valence-electron chi connectivity index (χ2n) is 7.80. The van der Waals surface area contributed by atoms with E-state index in [2.05, 4.69) is 4.90 Å².